The molecular weight excluding hydrogens is 246 g/mol. The lowest BCUT2D eigenvalue weighted by molar-refractivity contribution is -0.162. The first-order valence-corrected chi connectivity index (χ1v) is 5.95. The summed E-state index contributed by atoms with van der Waals surface area (Å²) in [6.45, 7) is 6.69. The summed E-state index contributed by atoms with van der Waals surface area (Å²) in [6.07, 6.45) is -1.28. The fourth-order valence-electron chi connectivity index (χ4n) is 1.61. The van der Waals surface area contributed by atoms with Crippen LogP contribution in [0.15, 0.2) is 30.3 Å². The Balaban J connectivity index is 3.14. The van der Waals surface area contributed by atoms with E-state index >= 15 is 0 Å². The smallest absolute Gasteiger partial charge is 0.405 e. The predicted octanol–water partition coefficient (Wildman–Crippen LogP) is 2.51. The zero-order valence-electron chi connectivity index (χ0n) is 11.6. The first-order chi connectivity index (χ1) is 8.65. The van der Waals surface area contributed by atoms with Crippen LogP contribution in [-0.4, -0.2) is 22.8 Å². The van der Waals surface area contributed by atoms with Gasteiger partial charge in [-0.15, -0.1) is 0 Å². The minimum absolute atomic E-state index is 0.534. The van der Waals surface area contributed by atoms with E-state index in [4.69, 9.17) is 9.84 Å². The van der Waals surface area contributed by atoms with Crippen molar-refractivity contribution >= 4 is 12.1 Å². The van der Waals surface area contributed by atoms with Crippen molar-refractivity contribution in [1.82, 2.24) is 5.32 Å². The Morgan fingerprint density at radius 2 is 1.63 bits per heavy atom. The molecule has 0 aromatic heterocycles. The van der Waals surface area contributed by atoms with Gasteiger partial charge >= 0.3 is 12.1 Å². The van der Waals surface area contributed by atoms with Crippen LogP contribution in [0.1, 0.15) is 33.3 Å². The molecule has 19 heavy (non-hydrogen) atoms. The van der Waals surface area contributed by atoms with E-state index < -0.39 is 23.2 Å². The summed E-state index contributed by atoms with van der Waals surface area (Å²) in [7, 11) is 0. The molecule has 1 rings (SSSR count). The first kappa shape index (κ1) is 15.0. The summed E-state index contributed by atoms with van der Waals surface area (Å²) in [6, 6.07) is 8.63. The summed E-state index contributed by atoms with van der Waals surface area (Å²) in [5, 5.41) is 11.2. The molecular formula is C14H19NO4. The molecule has 0 bridgehead atoms. The third-order valence-corrected chi connectivity index (χ3v) is 2.52. The van der Waals surface area contributed by atoms with Crippen LogP contribution in [0.2, 0.25) is 0 Å². The highest BCUT2D eigenvalue weighted by atomic mass is 16.6. The summed E-state index contributed by atoms with van der Waals surface area (Å²) >= 11 is 0. The van der Waals surface area contributed by atoms with Gasteiger partial charge < -0.3 is 15.2 Å². The number of amides is 1. The van der Waals surface area contributed by atoms with Gasteiger partial charge in [-0.2, -0.15) is 0 Å². The monoisotopic (exact) mass is 265 g/mol. The largest absolute Gasteiger partial charge is 0.465 e. The average molecular weight is 265 g/mol. The van der Waals surface area contributed by atoms with Gasteiger partial charge in [0.25, 0.3) is 0 Å². The summed E-state index contributed by atoms with van der Waals surface area (Å²) in [5.74, 6) is -0.631. The van der Waals surface area contributed by atoms with Gasteiger partial charge in [0.15, 0.2) is 5.54 Å². The second-order valence-corrected chi connectivity index (χ2v) is 5.42. The fourth-order valence-corrected chi connectivity index (χ4v) is 1.61. The van der Waals surface area contributed by atoms with Crippen LogP contribution in [0.5, 0.6) is 0 Å². The fraction of sp³-hybridized carbons (Fsp3) is 0.429. The Hall–Kier alpha value is -2.04. The lowest BCUT2D eigenvalue weighted by Crippen LogP contribution is -2.51. The molecule has 0 saturated carbocycles. The molecule has 0 fully saturated rings. The van der Waals surface area contributed by atoms with Crippen LogP contribution in [0, 0.1) is 0 Å². The molecule has 0 saturated heterocycles. The zero-order valence-corrected chi connectivity index (χ0v) is 11.6. The standard InChI is InChI=1S/C14H19NO4/c1-13(2,3)19-11(16)14(4,15-12(17)18)10-8-6-5-7-9-10/h5-9,15H,1-4H3,(H,17,18). The first-order valence-electron chi connectivity index (χ1n) is 5.95. The number of carbonyl (C=O) groups is 2. The average Bonchev–Trinajstić information content (AvgIpc) is 2.26. The molecule has 1 amide bonds. The third kappa shape index (κ3) is 3.98. The van der Waals surface area contributed by atoms with Gasteiger partial charge in [-0.3, -0.25) is 0 Å². The maximum atomic E-state index is 12.3. The van der Waals surface area contributed by atoms with E-state index in [1.807, 2.05) is 0 Å². The topological polar surface area (TPSA) is 75.6 Å². The third-order valence-electron chi connectivity index (χ3n) is 2.52. The van der Waals surface area contributed by atoms with Crippen LogP contribution in [0.25, 0.3) is 0 Å². The van der Waals surface area contributed by atoms with Crippen molar-refractivity contribution in [3.05, 3.63) is 35.9 Å². The van der Waals surface area contributed by atoms with Crippen molar-refractivity contribution in [1.29, 1.82) is 0 Å². The number of rotatable bonds is 3. The molecule has 0 aliphatic carbocycles. The number of ether oxygens (including phenoxy) is 1. The minimum atomic E-state index is -1.43. The molecule has 1 unspecified atom stereocenters. The number of hydrogen-bond acceptors (Lipinski definition) is 3. The molecule has 0 radical (unpaired) electrons. The normalized spacial score (nSPS) is 14.3. The Kier molecular flexibility index (Phi) is 4.19. The number of nitrogens with one attached hydrogen (secondary N) is 1. The van der Waals surface area contributed by atoms with E-state index in [1.165, 1.54) is 6.92 Å². The highest BCUT2D eigenvalue weighted by molar-refractivity contribution is 5.86. The highest BCUT2D eigenvalue weighted by Gasteiger charge is 2.40. The molecule has 104 valence electrons. The van der Waals surface area contributed by atoms with Gasteiger partial charge in [0.1, 0.15) is 5.60 Å². The molecule has 0 spiro atoms. The molecule has 1 atom stereocenters. The zero-order chi connectivity index (χ0) is 14.7. The van der Waals surface area contributed by atoms with Crippen LogP contribution in [0.4, 0.5) is 4.79 Å². The van der Waals surface area contributed by atoms with E-state index in [0.717, 1.165) is 0 Å². The second-order valence-electron chi connectivity index (χ2n) is 5.42. The molecule has 0 heterocycles. The van der Waals surface area contributed by atoms with Crippen LogP contribution >= 0.6 is 0 Å². The molecule has 5 nitrogen and oxygen atoms in total. The quantitative estimate of drug-likeness (QED) is 0.823. The highest BCUT2D eigenvalue weighted by Crippen LogP contribution is 2.25. The molecule has 5 heteroatoms. The maximum absolute atomic E-state index is 12.3. The van der Waals surface area contributed by atoms with Crippen molar-refractivity contribution in [3.8, 4) is 0 Å². The summed E-state index contributed by atoms with van der Waals surface area (Å²) in [4.78, 5) is 23.2. The Morgan fingerprint density at radius 3 is 2.05 bits per heavy atom. The number of hydrogen-bond donors (Lipinski definition) is 2. The summed E-state index contributed by atoms with van der Waals surface area (Å²) in [5.41, 5.74) is -1.58. The maximum Gasteiger partial charge on any atom is 0.405 e. The van der Waals surface area contributed by atoms with Gasteiger partial charge in [-0.05, 0) is 33.3 Å². The Morgan fingerprint density at radius 1 is 1.11 bits per heavy atom. The van der Waals surface area contributed by atoms with Crippen molar-refractivity contribution in [2.24, 2.45) is 0 Å². The summed E-state index contributed by atoms with van der Waals surface area (Å²) < 4.78 is 5.29. The SMILES string of the molecule is CC(C)(C)OC(=O)C(C)(NC(=O)O)c1ccccc1. The Bertz CT molecular complexity index is 464. The van der Waals surface area contributed by atoms with Gasteiger partial charge in [0, 0.05) is 0 Å². The number of carboxylic acid groups (broad SMARTS) is 1. The van der Waals surface area contributed by atoms with E-state index in [1.54, 1.807) is 51.1 Å². The van der Waals surface area contributed by atoms with Crippen molar-refractivity contribution in [2.45, 2.75) is 38.8 Å². The van der Waals surface area contributed by atoms with E-state index in [2.05, 4.69) is 5.32 Å². The van der Waals surface area contributed by atoms with Gasteiger partial charge in [0.2, 0.25) is 0 Å². The van der Waals surface area contributed by atoms with Crippen LogP contribution in [-0.2, 0) is 15.1 Å². The molecule has 0 aliphatic rings. The molecule has 0 aliphatic heterocycles. The van der Waals surface area contributed by atoms with E-state index in [-0.39, 0.29) is 0 Å². The number of esters is 1. The van der Waals surface area contributed by atoms with Gasteiger partial charge in [0.05, 0.1) is 0 Å². The van der Waals surface area contributed by atoms with Crippen molar-refractivity contribution in [3.63, 3.8) is 0 Å². The molecule has 2 N–H and O–H groups in total. The number of carbonyl (C=O) groups excluding carboxylic acids is 1. The second kappa shape index (κ2) is 5.30. The van der Waals surface area contributed by atoms with E-state index in [0.29, 0.717) is 5.56 Å². The number of benzene rings is 1. The van der Waals surface area contributed by atoms with Crippen molar-refractivity contribution < 1.29 is 19.4 Å². The predicted molar refractivity (Wildman–Crippen MR) is 70.8 cm³/mol. The van der Waals surface area contributed by atoms with E-state index in [9.17, 15) is 9.59 Å². The van der Waals surface area contributed by atoms with Crippen molar-refractivity contribution in [2.75, 3.05) is 0 Å². The van der Waals surface area contributed by atoms with Crippen LogP contribution in [0.3, 0.4) is 0 Å². The van der Waals surface area contributed by atoms with Gasteiger partial charge in [-0.1, -0.05) is 30.3 Å². The van der Waals surface area contributed by atoms with Crippen LogP contribution < -0.4 is 5.32 Å². The molecule has 1 aromatic carbocycles. The molecule has 1 aromatic rings. The van der Waals surface area contributed by atoms with Gasteiger partial charge in [-0.25, -0.2) is 9.59 Å². The minimum Gasteiger partial charge on any atom is -0.465 e. The Labute approximate surface area is 112 Å². The lowest BCUT2D eigenvalue weighted by Gasteiger charge is -2.31. The lowest BCUT2D eigenvalue weighted by atomic mass is 9.92.